The third-order valence-corrected chi connectivity index (χ3v) is 6.79. The molecule has 0 amide bonds. The Morgan fingerprint density at radius 1 is 1.18 bits per heavy atom. The van der Waals surface area contributed by atoms with Gasteiger partial charge in [-0.1, -0.05) is 18.2 Å². The van der Waals surface area contributed by atoms with Crippen LogP contribution in [0.15, 0.2) is 47.4 Å². The number of nitrogens with zero attached hydrogens (tertiary/aromatic N) is 5. The fraction of sp³-hybridized carbons (Fsp3) is 0.280. The van der Waals surface area contributed by atoms with Gasteiger partial charge in [0.25, 0.3) is 5.56 Å². The number of nitriles is 1. The Hall–Kier alpha value is -3.54. The molecule has 3 aromatic heterocycles. The van der Waals surface area contributed by atoms with E-state index >= 15 is 0 Å². The predicted molar refractivity (Wildman–Crippen MR) is 132 cm³/mol. The molecule has 0 spiro atoms. The van der Waals surface area contributed by atoms with Crippen molar-refractivity contribution in [3.8, 4) is 6.07 Å². The van der Waals surface area contributed by atoms with E-state index in [2.05, 4.69) is 16.0 Å². The molecular formula is C25H23N5O2S. The normalized spacial score (nSPS) is 19.2. The number of thiazole rings is 1. The monoisotopic (exact) mass is 457 g/mol. The van der Waals surface area contributed by atoms with Gasteiger partial charge >= 0.3 is 0 Å². The smallest absolute Gasteiger partial charge is 0.267 e. The van der Waals surface area contributed by atoms with Crippen LogP contribution in [-0.4, -0.2) is 39.7 Å². The Balaban J connectivity index is 1.74. The number of morpholine rings is 1. The third-order valence-electron chi connectivity index (χ3n) is 5.72. The Morgan fingerprint density at radius 3 is 2.67 bits per heavy atom. The molecule has 0 radical (unpaired) electrons. The van der Waals surface area contributed by atoms with Crippen LogP contribution in [0.3, 0.4) is 0 Å². The van der Waals surface area contributed by atoms with E-state index in [1.165, 1.54) is 11.3 Å². The number of hydrogen-bond donors (Lipinski definition) is 0. The number of aryl methyl sites for hydroxylation is 1. The topological polar surface area (TPSA) is 83.5 Å². The van der Waals surface area contributed by atoms with Gasteiger partial charge < -0.3 is 9.64 Å². The number of anilines is 1. The van der Waals surface area contributed by atoms with Gasteiger partial charge in [-0.3, -0.25) is 9.20 Å². The Bertz CT molecular complexity index is 1450. The maximum atomic E-state index is 13.7. The zero-order valence-electron chi connectivity index (χ0n) is 18.6. The van der Waals surface area contributed by atoms with Gasteiger partial charge in [0, 0.05) is 19.3 Å². The Labute approximate surface area is 195 Å². The first-order valence-electron chi connectivity index (χ1n) is 10.8. The average Bonchev–Trinajstić information content (AvgIpc) is 3.22. The zero-order valence-corrected chi connectivity index (χ0v) is 19.5. The number of para-hydroxylation sites is 1. The highest BCUT2D eigenvalue weighted by molar-refractivity contribution is 7.19. The number of ether oxygens (including phenoxy) is 1. The van der Waals surface area contributed by atoms with Crippen molar-refractivity contribution in [1.29, 1.82) is 5.26 Å². The fourth-order valence-electron chi connectivity index (χ4n) is 4.29. The van der Waals surface area contributed by atoms with E-state index in [9.17, 15) is 10.1 Å². The fourth-order valence-corrected chi connectivity index (χ4v) is 5.22. The number of benzene rings is 1. The summed E-state index contributed by atoms with van der Waals surface area (Å²) in [6.07, 6.45) is 3.36. The standard InChI is InChI=1S/C25H23N5O2S/c1-15-7-6-10-30-22(15)28-23(29-13-16(2)32-17(3)14-29)19(25(30)31)11-18(12-26)24-27-20-8-4-5-9-21(20)33-24/h4-11,16-17H,13-14H2,1-3H3. The van der Waals surface area contributed by atoms with Crippen LogP contribution in [0.2, 0.25) is 0 Å². The molecule has 8 heteroatoms. The van der Waals surface area contributed by atoms with Crippen LogP contribution in [0.1, 0.15) is 30.0 Å². The van der Waals surface area contributed by atoms with Crippen LogP contribution in [0, 0.1) is 18.3 Å². The van der Waals surface area contributed by atoms with Crippen LogP contribution in [-0.2, 0) is 4.74 Å². The number of rotatable bonds is 3. The summed E-state index contributed by atoms with van der Waals surface area (Å²) >= 11 is 1.44. The van der Waals surface area contributed by atoms with Gasteiger partial charge in [-0.05, 0) is 50.6 Å². The van der Waals surface area contributed by atoms with Gasteiger partial charge in [-0.2, -0.15) is 5.26 Å². The maximum absolute atomic E-state index is 13.7. The molecule has 5 rings (SSSR count). The maximum Gasteiger partial charge on any atom is 0.267 e. The second-order valence-corrected chi connectivity index (χ2v) is 9.39. The summed E-state index contributed by atoms with van der Waals surface area (Å²) in [6, 6.07) is 13.8. The van der Waals surface area contributed by atoms with Crippen LogP contribution < -0.4 is 10.5 Å². The number of aromatic nitrogens is 3. The summed E-state index contributed by atoms with van der Waals surface area (Å²) in [4.78, 5) is 25.3. The van der Waals surface area contributed by atoms with Crippen molar-refractivity contribution < 1.29 is 4.74 Å². The van der Waals surface area contributed by atoms with Crippen molar-refractivity contribution in [1.82, 2.24) is 14.4 Å². The molecule has 33 heavy (non-hydrogen) atoms. The number of hydrogen-bond acceptors (Lipinski definition) is 7. The first-order chi connectivity index (χ1) is 15.9. The van der Waals surface area contributed by atoms with Crippen LogP contribution in [0.25, 0.3) is 27.5 Å². The van der Waals surface area contributed by atoms with E-state index in [-0.39, 0.29) is 17.8 Å². The van der Waals surface area contributed by atoms with Crippen LogP contribution in [0.5, 0.6) is 0 Å². The molecule has 7 nitrogen and oxygen atoms in total. The molecule has 1 aromatic carbocycles. The molecule has 0 saturated carbocycles. The summed E-state index contributed by atoms with van der Waals surface area (Å²) in [6.45, 7) is 7.19. The molecule has 2 unspecified atom stereocenters. The molecule has 0 bridgehead atoms. The number of fused-ring (bicyclic) bond motifs is 2. The molecule has 1 saturated heterocycles. The molecule has 1 fully saturated rings. The predicted octanol–water partition coefficient (Wildman–Crippen LogP) is 4.29. The summed E-state index contributed by atoms with van der Waals surface area (Å²) < 4.78 is 8.44. The highest BCUT2D eigenvalue weighted by atomic mass is 32.1. The first kappa shape index (κ1) is 21.3. The molecule has 0 N–H and O–H groups in total. The minimum atomic E-state index is -0.209. The Kier molecular flexibility index (Phi) is 5.44. The van der Waals surface area contributed by atoms with Gasteiger partial charge in [0.15, 0.2) is 0 Å². The van der Waals surface area contributed by atoms with E-state index in [4.69, 9.17) is 9.72 Å². The lowest BCUT2D eigenvalue weighted by molar-refractivity contribution is -0.00546. The second kappa shape index (κ2) is 8.43. The summed E-state index contributed by atoms with van der Waals surface area (Å²) in [5, 5.41) is 10.6. The SMILES string of the molecule is Cc1cccn2c(=O)c(C=C(C#N)c3nc4ccccc4s3)c(N3CC(C)OC(C)C3)nc12. The minimum Gasteiger partial charge on any atom is -0.372 e. The van der Waals surface area contributed by atoms with Crippen LogP contribution in [0.4, 0.5) is 5.82 Å². The van der Waals surface area contributed by atoms with Crippen molar-refractivity contribution in [3.05, 3.63) is 69.1 Å². The van der Waals surface area contributed by atoms with Crippen molar-refractivity contribution in [2.24, 2.45) is 0 Å². The molecule has 4 aromatic rings. The summed E-state index contributed by atoms with van der Waals surface area (Å²) in [5.74, 6) is 0.574. The Morgan fingerprint density at radius 2 is 1.94 bits per heavy atom. The third kappa shape index (κ3) is 3.90. The van der Waals surface area contributed by atoms with E-state index in [1.54, 1.807) is 16.7 Å². The zero-order chi connectivity index (χ0) is 23.1. The molecule has 1 aliphatic rings. The molecule has 4 heterocycles. The van der Waals surface area contributed by atoms with Crippen molar-refractivity contribution >= 4 is 44.7 Å². The van der Waals surface area contributed by atoms with E-state index in [0.717, 1.165) is 15.8 Å². The highest BCUT2D eigenvalue weighted by Crippen LogP contribution is 2.30. The van der Waals surface area contributed by atoms with Crippen molar-refractivity contribution in [2.75, 3.05) is 18.0 Å². The summed E-state index contributed by atoms with van der Waals surface area (Å²) in [7, 11) is 0. The number of pyridine rings is 1. The van der Waals surface area contributed by atoms with Gasteiger partial charge in [-0.25, -0.2) is 9.97 Å². The minimum absolute atomic E-state index is 0.00222. The first-order valence-corrected chi connectivity index (χ1v) is 11.7. The number of allylic oxidation sites excluding steroid dienone is 1. The summed E-state index contributed by atoms with van der Waals surface area (Å²) in [5.41, 5.74) is 2.87. The van der Waals surface area contributed by atoms with Gasteiger partial charge in [0.2, 0.25) is 0 Å². The molecule has 1 aliphatic heterocycles. The van der Waals surface area contributed by atoms with E-state index in [1.807, 2.05) is 57.2 Å². The average molecular weight is 458 g/mol. The van der Waals surface area contributed by atoms with Gasteiger partial charge in [0.1, 0.15) is 22.5 Å². The van der Waals surface area contributed by atoms with Gasteiger partial charge in [0.05, 0.1) is 33.6 Å². The molecule has 2 atom stereocenters. The lowest BCUT2D eigenvalue weighted by atomic mass is 10.1. The molecule has 166 valence electrons. The van der Waals surface area contributed by atoms with Crippen molar-refractivity contribution in [3.63, 3.8) is 0 Å². The van der Waals surface area contributed by atoms with E-state index < -0.39 is 0 Å². The van der Waals surface area contributed by atoms with Crippen molar-refractivity contribution in [2.45, 2.75) is 33.0 Å². The molecular weight excluding hydrogens is 434 g/mol. The quantitative estimate of drug-likeness (QED) is 0.427. The lowest BCUT2D eigenvalue weighted by Crippen LogP contribution is -2.46. The second-order valence-electron chi connectivity index (χ2n) is 8.36. The lowest BCUT2D eigenvalue weighted by Gasteiger charge is -2.36. The molecule has 0 aliphatic carbocycles. The van der Waals surface area contributed by atoms with E-state index in [0.29, 0.717) is 40.7 Å². The highest BCUT2D eigenvalue weighted by Gasteiger charge is 2.27. The van der Waals surface area contributed by atoms with Gasteiger partial charge in [-0.15, -0.1) is 11.3 Å². The van der Waals surface area contributed by atoms with Crippen LogP contribution >= 0.6 is 11.3 Å². The largest absolute Gasteiger partial charge is 0.372 e.